The number of aromatic nitrogens is 3. The molecular formula is C21H27N5O. The average molecular weight is 365 g/mol. The van der Waals surface area contributed by atoms with E-state index in [1.807, 2.05) is 41.2 Å². The fourth-order valence-corrected chi connectivity index (χ4v) is 3.50. The molecule has 3 aromatic heterocycles. The molecule has 0 aromatic carbocycles. The predicted octanol–water partition coefficient (Wildman–Crippen LogP) is 4.21. The lowest BCUT2D eigenvalue weighted by atomic mass is 10.1. The summed E-state index contributed by atoms with van der Waals surface area (Å²) in [7, 11) is 0. The molecule has 0 saturated heterocycles. The van der Waals surface area contributed by atoms with Gasteiger partial charge in [0.05, 0.1) is 11.4 Å². The van der Waals surface area contributed by atoms with Crippen LogP contribution in [0, 0.1) is 5.92 Å². The molecule has 0 amide bonds. The molecule has 2 N–H and O–H groups in total. The molecule has 6 heteroatoms. The minimum Gasteiger partial charge on any atom is -0.473 e. The molecule has 4 rings (SSSR count). The molecule has 0 aliphatic heterocycles. The summed E-state index contributed by atoms with van der Waals surface area (Å²) in [6, 6.07) is 8.78. The Morgan fingerprint density at radius 1 is 1.07 bits per heavy atom. The maximum atomic E-state index is 6.16. The molecule has 3 atom stereocenters. The van der Waals surface area contributed by atoms with Crippen molar-refractivity contribution in [1.82, 2.24) is 14.4 Å². The maximum absolute atomic E-state index is 6.16. The molecule has 1 aliphatic rings. The van der Waals surface area contributed by atoms with E-state index in [0.717, 1.165) is 29.9 Å². The van der Waals surface area contributed by atoms with E-state index in [1.165, 1.54) is 0 Å². The average Bonchev–Trinajstić information content (AvgIpc) is 3.15. The van der Waals surface area contributed by atoms with E-state index in [4.69, 9.17) is 4.74 Å². The number of anilines is 2. The molecule has 0 spiro atoms. The topological polar surface area (TPSA) is 63.5 Å². The molecule has 0 radical (unpaired) electrons. The normalized spacial score (nSPS) is 19.9. The van der Waals surface area contributed by atoms with Crippen molar-refractivity contribution >= 4 is 17.0 Å². The number of hydrogen-bond acceptors (Lipinski definition) is 5. The first-order valence-corrected chi connectivity index (χ1v) is 9.66. The molecule has 3 heterocycles. The van der Waals surface area contributed by atoms with Gasteiger partial charge in [0.15, 0.2) is 5.65 Å². The van der Waals surface area contributed by atoms with Gasteiger partial charge in [-0.2, -0.15) is 0 Å². The van der Waals surface area contributed by atoms with Crippen LogP contribution in [-0.2, 0) is 0 Å². The summed E-state index contributed by atoms with van der Waals surface area (Å²) >= 11 is 0. The zero-order chi connectivity index (χ0) is 18.8. The van der Waals surface area contributed by atoms with Crippen molar-refractivity contribution in [3.05, 3.63) is 49.1 Å². The highest BCUT2D eigenvalue weighted by molar-refractivity contribution is 5.67. The van der Waals surface area contributed by atoms with E-state index in [2.05, 4.69) is 47.4 Å². The van der Waals surface area contributed by atoms with Crippen molar-refractivity contribution in [3.8, 4) is 5.88 Å². The van der Waals surface area contributed by atoms with E-state index in [9.17, 15) is 0 Å². The van der Waals surface area contributed by atoms with Gasteiger partial charge in [0, 0.05) is 42.8 Å². The second-order valence-electron chi connectivity index (χ2n) is 7.67. The van der Waals surface area contributed by atoms with Crippen LogP contribution in [0.1, 0.15) is 33.6 Å². The Labute approximate surface area is 160 Å². The predicted molar refractivity (Wildman–Crippen MR) is 108 cm³/mol. The largest absolute Gasteiger partial charge is 0.473 e. The Bertz CT molecular complexity index is 906. The van der Waals surface area contributed by atoms with E-state index in [-0.39, 0.29) is 6.10 Å². The molecule has 0 bridgehead atoms. The van der Waals surface area contributed by atoms with Crippen LogP contribution in [0.3, 0.4) is 0 Å². The number of rotatable bonds is 8. The summed E-state index contributed by atoms with van der Waals surface area (Å²) in [4.78, 5) is 8.84. The van der Waals surface area contributed by atoms with Gasteiger partial charge in [0.25, 0.3) is 0 Å². The monoisotopic (exact) mass is 365 g/mol. The number of hydrogen-bond donors (Lipinski definition) is 2. The second-order valence-corrected chi connectivity index (χ2v) is 7.67. The third-order valence-corrected chi connectivity index (χ3v) is 4.81. The van der Waals surface area contributed by atoms with Crippen molar-refractivity contribution in [3.63, 3.8) is 0 Å². The highest BCUT2D eigenvalue weighted by atomic mass is 16.5. The molecule has 142 valence electrons. The maximum Gasteiger partial charge on any atom is 0.237 e. The van der Waals surface area contributed by atoms with Crippen LogP contribution in [-0.4, -0.2) is 32.6 Å². The number of imidazole rings is 1. The second kappa shape index (κ2) is 7.47. The first-order chi connectivity index (χ1) is 13.1. The smallest absolute Gasteiger partial charge is 0.237 e. The Balaban J connectivity index is 1.33. The summed E-state index contributed by atoms with van der Waals surface area (Å²) in [5, 5.41) is 7.00. The summed E-state index contributed by atoms with van der Waals surface area (Å²) in [5.41, 5.74) is 3.00. The lowest BCUT2D eigenvalue weighted by molar-refractivity contribution is 0.270. The SMILES string of the molecule is CC(C)Nc1cccnc1OC1CC1CC(C)Nc1cccn2ccnc12. The summed E-state index contributed by atoms with van der Waals surface area (Å²) in [6.07, 6.45) is 9.98. The van der Waals surface area contributed by atoms with E-state index < -0.39 is 0 Å². The van der Waals surface area contributed by atoms with Gasteiger partial charge >= 0.3 is 0 Å². The number of ether oxygens (including phenoxy) is 1. The Kier molecular flexibility index (Phi) is 4.88. The quantitative estimate of drug-likeness (QED) is 0.626. The van der Waals surface area contributed by atoms with Gasteiger partial charge in [-0.1, -0.05) is 0 Å². The highest BCUT2D eigenvalue weighted by Gasteiger charge is 2.41. The van der Waals surface area contributed by atoms with Gasteiger partial charge in [-0.3, -0.25) is 0 Å². The number of fused-ring (bicyclic) bond motifs is 1. The van der Waals surface area contributed by atoms with Crippen LogP contribution in [0.4, 0.5) is 11.4 Å². The molecule has 1 aliphatic carbocycles. The first kappa shape index (κ1) is 17.6. The highest BCUT2D eigenvalue weighted by Crippen LogP contribution is 2.40. The van der Waals surface area contributed by atoms with Gasteiger partial charge in [-0.15, -0.1) is 0 Å². The Morgan fingerprint density at radius 3 is 2.78 bits per heavy atom. The van der Waals surface area contributed by atoms with Crippen molar-refractivity contribution in [2.24, 2.45) is 5.92 Å². The van der Waals surface area contributed by atoms with Crippen LogP contribution >= 0.6 is 0 Å². The molecule has 27 heavy (non-hydrogen) atoms. The zero-order valence-electron chi connectivity index (χ0n) is 16.1. The van der Waals surface area contributed by atoms with Crippen molar-refractivity contribution in [2.75, 3.05) is 10.6 Å². The van der Waals surface area contributed by atoms with Crippen molar-refractivity contribution in [2.45, 2.75) is 51.8 Å². The third kappa shape index (κ3) is 4.15. The lowest BCUT2D eigenvalue weighted by Crippen LogP contribution is -2.18. The van der Waals surface area contributed by atoms with E-state index >= 15 is 0 Å². The minimum atomic E-state index is 0.249. The van der Waals surface area contributed by atoms with Gasteiger partial charge < -0.3 is 19.8 Å². The number of pyridine rings is 2. The fourth-order valence-electron chi connectivity index (χ4n) is 3.50. The Hall–Kier alpha value is -2.76. The van der Waals surface area contributed by atoms with Crippen LogP contribution < -0.4 is 15.4 Å². The number of nitrogens with zero attached hydrogens (tertiary/aromatic N) is 3. The molecule has 3 unspecified atom stereocenters. The summed E-state index contributed by atoms with van der Waals surface area (Å²) < 4.78 is 8.19. The standard InChI is InChI=1S/C21H27N5O/c1-14(2)24-18-6-4-8-23-21(18)27-19-13-16(19)12-15(3)25-17-7-5-10-26-11-9-22-20(17)26/h4-11,14-16,19,24-25H,12-13H2,1-3H3. The molecule has 1 fully saturated rings. The van der Waals surface area contributed by atoms with Crippen LogP contribution in [0.15, 0.2) is 49.1 Å². The fraction of sp³-hybridized carbons (Fsp3) is 0.429. The van der Waals surface area contributed by atoms with Crippen molar-refractivity contribution in [1.29, 1.82) is 0 Å². The van der Waals surface area contributed by atoms with Gasteiger partial charge in [0.1, 0.15) is 6.10 Å². The summed E-state index contributed by atoms with van der Waals surface area (Å²) in [5.74, 6) is 1.27. The van der Waals surface area contributed by atoms with Crippen LogP contribution in [0.2, 0.25) is 0 Å². The number of nitrogens with one attached hydrogen (secondary N) is 2. The Morgan fingerprint density at radius 2 is 1.93 bits per heavy atom. The van der Waals surface area contributed by atoms with Gasteiger partial charge in [-0.05, 0) is 57.9 Å². The van der Waals surface area contributed by atoms with Gasteiger partial charge in [0.2, 0.25) is 5.88 Å². The summed E-state index contributed by atoms with van der Waals surface area (Å²) in [6.45, 7) is 6.45. The molecule has 6 nitrogen and oxygen atoms in total. The van der Waals surface area contributed by atoms with Gasteiger partial charge in [-0.25, -0.2) is 9.97 Å². The van der Waals surface area contributed by atoms with Crippen molar-refractivity contribution < 1.29 is 4.74 Å². The van der Waals surface area contributed by atoms with E-state index in [1.54, 1.807) is 6.20 Å². The minimum absolute atomic E-state index is 0.249. The third-order valence-electron chi connectivity index (χ3n) is 4.81. The first-order valence-electron chi connectivity index (χ1n) is 9.66. The molecule has 3 aromatic rings. The molecular weight excluding hydrogens is 338 g/mol. The lowest BCUT2D eigenvalue weighted by Gasteiger charge is -2.17. The van der Waals surface area contributed by atoms with Crippen LogP contribution in [0.5, 0.6) is 5.88 Å². The van der Waals surface area contributed by atoms with E-state index in [0.29, 0.717) is 23.9 Å². The molecule has 1 saturated carbocycles. The zero-order valence-corrected chi connectivity index (χ0v) is 16.1. The van der Waals surface area contributed by atoms with Crippen LogP contribution in [0.25, 0.3) is 5.65 Å².